The fourth-order valence-corrected chi connectivity index (χ4v) is 4.65. The third-order valence-electron chi connectivity index (χ3n) is 4.60. The normalized spacial score (nSPS) is 11.6. The first-order chi connectivity index (χ1) is 14.5. The summed E-state index contributed by atoms with van der Waals surface area (Å²) in [5.41, 5.74) is 3.41. The van der Waals surface area contributed by atoms with E-state index in [4.69, 9.17) is 4.74 Å². The van der Waals surface area contributed by atoms with Gasteiger partial charge in [0.05, 0.1) is 17.3 Å². The number of esters is 1. The SMILES string of the molecule is COC(=O)Cn1c(=NC(=O)c2ccc(-c3ccccc3)cc2)sc2cc(Br)ccc21. The van der Waals surface area contributed by atoms with E-state index in [-0.39, 0.29) is 12.5 Å². The van der Waals surface area contributed by atoms with Crippen molar-refractivity contribution in [1.82, 2.24) is 4.57 Å². The lowest BCUT2D eigenvalue weighted by Crippen LogP contribution is -2.22. The third-order valence-corrected chi connectivity index (χ3v) is 6.13. The number of amides is 1. The standard InChI is InChI=1S/C23H17BrN2O3S/c1-29-21(27)14-26-19-12-11-18(24)13-20(19)30-23(26)25-22(28)17-9-7-16(8-10-17)15-5-3-2-4-6-15/h2-13H,14H2,1H3. The first-order valence-corrected chi connectivity index (χ1v) is 10.8. The van der Waals surface area contributed by atoms with Gasteiger partial charge in [-0.2, -0.15) is 4.99 Å². The summed E-state index contributed by atoms with van der Waals surface area (Å²) in [7, 11) is 1.34. The monoisotopic (exact) mass is 480 g/mol. The van der Waals surface area contributed by atoms with Gasteiger partial charge in [-0.15, -0.1) is 0 Å². The molecule has 30 heavy (non-hydrogen) atoms. The molecule has 5 nitrogen and oxygen atoms in total. The molecule has 0 unspecified atom stereocenters. The summed E-state index contributed by atoms with van der Waals surface area (Å²) in [4.78, 5) is 29.5. The highest BCUT2D eigenvalue weighted by molar-refractivity contribution is 9.10. The Bertz CT molecular complexity index is 1290. The lowest BCUT2D eigenvalue weighted by atomic mass is 10.0. The fourth-order valence-electron chi connectivity index (χ4n) is 3.07. The molecule has 1 heterocycles. The van der Waals surface area contributed by atoms with Gasteiger partial charge in [0.15, 0.2) is 4.80 Å². The van der Waals surface area contributed by atoms with E-state index in [1.807, 2.05) is 60.7 Å². The molecule has 0 aliphatic rings. The minimum Gasteiger partial charge on any atom is -0.468 e. The third kappa shape index (κ3) is 4.27. The van der Waals surface area contributed by atoms with E-state index in [0.29, 0.717) is 10.4 Å². The Kier molecular flexibility index (Phi) is 5.92. The van der Waals surface area contributed by atoms with Gasteiger partial charge in [-0.25, -0.2) is 0 Å². The maximum atomic E-state index is 12.8. The summed E-state index contributed by atoms with van der Waals surface area (Å²) in [5.74, 6) is -0.766. The minimum absolute atomic E-state index is 0.0167. The number of halogens is 1. The van der Waals surface area contributed by atoms with Crippen LogP contribution in [0.1, 0.15) is 10.4 Å². The quantitative estimate of drug-likeness (QED) is 0.384. The topological polar surface area (TPSA) is 60.7 Å². The number of thiazole rings is 1. The second kappa shape index (κ2) is 8.77. The van der Waals surface area contributed by atoms with Crippen LogP contribution in [0.5, 0.6) is 0 Å². The minimum atomic E-state index is -0.404. The first-order valence-electron chi connectivity index (χ1n) is 9.15. The number of benzene rings is 3. The molecule has 0 fully saturated rings. The second-order valence-corrected chi connectivity index (χ2v) is 8.44. The van der Waals surface area contributed by atoms with Crippen molar-refractivity contribution < 1.29 is 14.3 Å². The molecule has 0 aliphatic carbocycles. The van der Waals surface area contributed by atoms with Crippen molar-refractivity contribution in [3.8, 4) is 11.1 Å². The van der Waals surface area contributed by atoms with Crippen molar-refractivity contribution in [3.05, 3.63) is 87.6 Å². The van der Waals surface area contributed by atoms with Crippen LogP contribution in [0.2, 0.25) is 0 Å². The Morgan fingerprint density at radius 2 is 1.70 bits per heavy atom. The predicted molar refractivity (Wildman–Crippen MR) is 121 cm³/mol. The van der Waals surface area contributed by atoms with E-state index in [1.165, 1.54) is 18.4 Å². The number of methoxy groups -OCH3 is 1. The lowest BCUT2D eigenvalue weighted by molar-refractivity contribution is -0.141. The van der Waals surface area contributed by atoms with Crippen molar-refractivity contribution in [3.63, 3.8) is 0 Å². The van der Waals surface area contributed by atoms with E-state index >= 15 is 0 Å². The molecule has 0 saturated carbocycles. The molecule has 150 valence electrons. The zero-order valence-corrected chi connectivity index (χ0v) is 18.4. The van der Waals surface area contributed by atoms with Crippen LogP contribution in [0.15, 0.2) is 82.3 Å². The van der Waals surface area contributed by atoms with Gasteiger partial charge in [-0.3, -0.25) is 9.59 Å². The fraction of sp³-hybridized carbons (Fsp3) is 0.0870. The Labute approximate surface area is 185 Å². The van der Waals surface area contributed by atoms with Gasteiger partial charge in [0.25, 0.3) is 5.91 Å². The van der Waals surface area contributed by atoms with Gasteiger partial charge in [0.2, 0.25) is 0 Å². The smallest absolute Gasteiger partial charge is 0.325 e. The number of ether oxygens (including phenoxy) is 1. The maximum absolute atomic E-state index is 12.8. The van der Waals surface area contributed by atoms with Gasteiger partial charge >= 0.3 is 5.97 Å². The number of nitrogens with zero attached hydrogens (tertiary/aromatic N) is 2. The van der Waals surface area contributed by atoms with Crippen molar-refractivity contribution in [2.24, 2.45) is 4.99 Å². The molecule has 4 aromatic rings. The Balaban J connectivity index is 1.72. The molecule has 0 saturated heterocycles. The van der Waals surface area contributed by atoms with E-state index < -0.39 is 5.97 Å². The van der Waals surface area contributed by atoms with Gasteiger partial charge in [-0.1, -0.05) is 69.7 Å². The van der Waals surface area contributed by atoms with Crippen LogP contribution in [0.25, 0.3) is 21.3 Å². The van der Waals surface area contributed by atoms with Gasteiger partial charge in [-0.05, 0) is 41.5 Å². The Morgan fingerprint density at radius 1 is 1.00 bits per heavy atom. The van der Waals surface area contributed by atoms with Gasteiger partial charge < -0.3 is 9.30 Å². The summed E-state index contributed by atoms with van der Waals surface area (Å²) >= 11 is 4.80. The van der Waals surface area contributed by atoms with E-state index in [2.05, 4.69) is 20.9 Å². The van der Waals surface area contributed by atoms with Crippen LogP contribution in [-0.4, -0.2) is 23.6 Å². The van der Waals surface area contributed by atoms with Crippen molar-refractivity contribution in [1.29, 1.82) is 0 Å². The van der Waals surface area contributed by atoms with Crippen LogP contribution in [0.3, 0.4) is 0 Å². The largest absolute Gasteiger partial charge is 0.468 e. The molecule has 7 heteroatoms. The molecule has 1 aromatic heterocycles. The van der Waals surface area contributed by atoms with E-state index in [0.717, 1.165) is 25.8 Å². The molecule has 0 atom stereocenters. The van der Waals surface area contributed by atoms with Gasteiger partial charge in [0, 0.05) is 10.0 Å². The molecule has 0 N–H and O–H groups in total. The zero-order chi connectivity index (χ0) is 21.1. The molecule has 0 bridgehead atoms. The summed E-state index contributed by atoms with van der Waals surface area (Å²) in [6.07, 6.45) is 0. The summed E-state index contributed by atoms with van der Waals surface area (Å²) in [6, 6.07) is 23.0. The molecule has 0 radical (unpaired) electrons. The van der Waals surface area contributed by atoms with Crippen molar-refractivity contribution >= 4 is 49.4 Å². The first kappa shape index (κ1) is 20.3. The number of rotatable bonds is 4. The lowest BCUT2D eigenvalue weighted by Gasteiger charge is -2.04. The molecule has 4 rings (SSSR count). The summed E-state index contributed by atoms with van der Waals surface area (Å²) in [5, 5.41) is 0. The van der Waals surface area contributed by atoms with Crippen LogP contribution < -0.4 is 4.80 Å². The molecule has 1 amide bonds. The maximum Gasteiger partial charge on any atom is 0.325 e. The molecular weight excluding hydrogens is 464 g/mol. The second-order valence-electron chi connectivity index (χ2n) is 6.52. The highest BCUT2D eigenvalue weighted by atomic mass is 79.9. The average molecular weight is 481 g/mol. The Hall–Kier alpha value is -3.03. The number of carbonyl (C=O) groups is 2. The number of aromatic nitrogens is 1. The van der Waals surface area contributed by atoms with Crippen LogP contribution in [0.4, 0.5) is 0 Å². The van der Waals surface area contributed by atoms with E-state index in [1.54, 1.807) is 16.7 Å². The Morgan fingerprint density at radius 3 is 2.40 bits per heavy atom. The molecular formula is C23H17BrN2O3S. The van der Waals surface area contributed by atoms with Crippen LogP contribution >= 0.6 is 27.3 Å². The molecule has 0 aliphatic heterocycles. The van der Waals surface area contributed by atoms with Crippen LogP contribution in [0, 0.1) is 0 Å². The molecule has 0 spiro atoms. The van der Waals surface area contributed by atoms with Crippen molar-refractivity contribution in [2.45, 2.75) is 6.54 Å². The molecule has 3 aromatic carbocycles. The van der Waals surface area contributed by atoms with Gasteiger partial charge in [0.1, 0.15) is 6.54 Å². The van der Waals surface area contributed by atoms with E-state index in [9.17, 15) is 9.59 Å². The number of hydrogen-bond acceptors (Lipinski definition) is 4. The number of hydrogen-bond donors (Lipinski definition) is 0. The summed E-state index contributed by atoms with van der Waals surface area (Å²) in [6.45, 7) is -0.0167. The predicted octanol–water partition coefficient (Wildman–Crippen LogP) is 5.05. The van der Waals surface area contributed by atoms with Crippen LogP contribution in [-0.2, 0) is 16.1 Å². The summed E-state index contributed by atoms with van der Waals surface area (Å²) < 4.78 is 8.34. The zero-order valence-electron chi connectivity index (χ0n) is 16.0. The number of carbonyl (C=O) groups excluding carboxylic acids is 2. The number of fused-ring (bicyclic) bond motifs is 1. The van der Waals surface area contributed by atoms with Crippen molar-refractivity contribution in [2.75, 3.05) is 7.11 Å². The average Bonchev–Trinajstić information content (AvgIpc) is 3.10. The highest BCUT2D eigenvalue weighted by Gasteiger charge is 2.13. The highest BCUT2D eigenvalue weighted by Crippen LogP contribution is 2.23.